The highest BCUT2D eigenvalue weighted by Gasteiger charge is 2.15. The molecular formula is C19H13N3O3S2. The van der Waals surface area contributed by atoms with Gasteiger partial charge in [-0.25, -0.2) is 0 Å². The van der Waals surface area contributed by atoms with Crippen LogP contribution in [0.3, 0.4) is 0 Å². The lowest BCUT2D eigenvalue weighted by molar-refractivity contribution is 0.101. The van der Waals surface area contributed by atoms with Gasteiger partial charge >= 0.3 is 0 Å². The van der Waals surface area contributed by atoms with E-state index in [1.165, 1.54) is 22.7 Å². The van der Waals surface area contributed by atoms with Crippen LogP contribution in [0.15, 0.2) is 69.9 Å². The zero-order valence-corrected chi connectivity index (χ0v) is 15.5. The molecule has 1 aromatic carbocycles. The Morgan fingerprint density at radius 2 is 1.59 bits per heavy atom. The van der Waals surface area contributed by atoms with Gasteiger partial charge in [0.05, 0.1) is 9.75 Å². The third-order valence-corrected chi connectivity index (χ3v) is 5.38. The van der Waals surface area contributed by atoms with Gasteiger partial charge < -0.3 is 15.2 Å². The lowest BCUT2D eigenvalue weighted by Gasteiger charge is -2.07. The number of anilines is 2. The van der Waals surface area contributed by atoms with Gasteiger partial charge in [-0.2, -0.15) is 0 Å². The first-order chi connectivity index (χ1) is 13.2. The average molecular weight is 395 g/mol. The Morgan fingerprint density at radius 1 is 0.852 bits per heavy atom. The molecule has 0 unspecified atom stereocenters. The van der Waals surface area contributed by atoms with Crippen LogP contribution >= 0.6 is 22.7 Å². The predicted molar refractivity (Wildman–Crippen MR) is 106 cm³/mol. The Morgan fingerprint density at radius 3 is 2.30 bits per heavy atom. The van der Waals surface area contributed by atoms with Crippen LogP contribution < -0.4 is 10.6 Å². The van der Waals surface area contributed by atoms with E-state index in [-0.39, 0.29) is 17.5 Å². The number of carbonyl (C=O) groups excluding carboxylic acids is 2. The summed E-state index contributed by atoms with van der Waals surface area (Å²) >= 11 is 2.87. The van der Waals surface area contributed by atoms with Gasteiger partial charge in [0.2, 0.25) is 0 Å². The number of rotatable bonds is 5. The van der Waals surface area contributed by atoms with E-state index in [1.54, 1.807) is 36.4 Å². The molecule has 0 aliphatic heterocycles. The van der Waals surface area contributed by atoms with E-state index in [1.807, 2.05) is 29.0 Å². The first kappa shape index (κ1) is 17.2. The molecule has 6 nitrogen and oxygen atoms in total. The molecule has 8 heteroatoms. The molecule has 0 aliphatic rings. The molecule has 27 heavy (non-hydrogen) atoms. The fraction of sp³-hybridized carbons (Fsp3) is 0. The Balaban J connectivity index is 1.45. The molecule has 0 bridgehead atoms. The van der Waals surface area contributed by atoms with Gasteiger partial charge in [-0.05, 0) is 41.1 Å². The van der Waals surface area contributed by atoms with E-state index in [0.717, 1.165) is 4.88 Å². The number of nitrogens with zero attached hydrogens (tertiary/aromatic N) is 1. The standard InChI is InChI=1S/C19H13N3O3S2/c23-18(14-11-15(25-22-14)16-6-2-8-26-16)20-12-4-1-5-13(10-12)21-19(24)17-7-3-9-27-17/h1-11H,(H,20,23)(H,21,24). The molecule has 0 saturated carbocycles. The van der Waals surface area contributed by atoms with Crippen LogP contribution in [-0.2, 0) is 0 Å². The summed E-state index contributed by atoms with van der Waals surface area (Å²) in [6.07, 6.45) is 0. The van der Waals surface area contributed by atoms with Crippen LogP contribution in [0.2, 0.25) is 0 Å². The van der Waals surface area contributed by atoms with Gasteiger partial charge in [0.25, 0.3) is 11.8 Å². The molecule has 0 fully saturated rings. The van der Waals surface area contributed by atoms with E-state index in [9.17, 15) is 9.59 Å². The lowest BCUT2D eigenvalue weighted by Crippen LogP contribution is -2.13. The molecule has 4 rings (SSSR count). The zero-order chi connectivity index (χ0) is 18.6. The number of benzene rings is 1. The lowest BCUT2D eigenvalue weighted by atomic mass is 10.2. The third-order valence-electron chi connectivity index (χ3n) is 3.63. The van der Waals surface area contributed by atoms with E-state index in [4.69, 9.17) is 4.52 Å². The van der Waals surface area contributed by atoms with Gasteiger partial charge in [0, 0.05) is 17.4 Å². The summed E-state index contributed by atoms with van der Waals surface area (Å²) in [7, 11) is 0. The average Bonchev–Trinajstić information content (AvgIpc) is 3.43. The Bertz CT molecular complexity index is 1070. The molecule has 0 aliphatic carbocycles. The predicted octanol–water partition coefficient (Wildman–Crippen LogP) is 4.97. The molecule has 3 aromatic heterocycles. The van der Waals surface area contributed by atoms with Crippen molar-refractivity contribution in [2.24, 2.45) is 0 Å². The fourth-order valence-electron chi connectivity index (χ4n) is 2.39. The molecule has 2 amide bonds. The molecule has 0 saturated heterocycles. The van der Waals surface area contributed by atoms with Gasteiger partial charge in [0.15, 0.2) is 11.5 Å². The summed E-state index contributed by atoms with van der Waals surface area (Å²) in [6, 6.07) is 15.9. The molecule has 0 radical (unpaired) electrons. The van der Waals surface area contributed by atoms with Crippen molar-refractivity contribution in [2.75, 3.05) is 10.6 Å². The van der Waals surface area contributed by atoms with Crippen LogP contribution in [-0.4, -0.2) is 17.0 Å². The van der Waals surface area contributed by atoms with Crippen LogP contribution in [0, 0.1) is 0 Å². The number of aromatic nitrogens is 1. The van der Waals surface area contributed by atoms with Crippen LogP contribution in [0.5, 0.6) is 0 Å². The van der Waals surface area contributed by atoms with Crippen molar-refractivity contribution in [2.45, 2.75) is 0 Å². The normalized spacial score (nSPS) is 10.5. The van der Waals surface area contributed by atoms with Gasteiger partial charge in [0.1, 0.15) is 0 Å². The second-order valence-electron chi connectivity index (χ2n) is 5.52. The molecule has 4 aromatic rings. The summed E-state index contributed by atoms with van der Waals surface area (Å²) in [5.74, 6) is -0.0269. The highest BCUT2D eigenvalue weighted by Crippen LogP contribution is 2.25. The molecule has 2 N–H and O–H groups in total. The largest absolute Gasteiger partial charge is 0.355 e. The minimum atomic E-state index is -0.386. The number of nitrogens with one attached hydrogen (secondary N) is 2. The zero-order valence-electron chi connectivity index (χ0n) is 13.8. The third kappa shape index (κ3) is 3.97. The van der Waals surface area contributed by atoms with Crippen molar-refractivity contribution in [1.82, 2.24) is 5.16 Å². The molecule has 0 spiro atoms. The summed E-state index contributed by atoms with van der Waals surface area (Å²) in [5.41, 5.74) is 1.32. The fourth-order valence-corrected chi connectivity index (χ4v) is 3.68. The first-order valence-electron chi connectivity index (χ1n) is 7.96. The van der Waals surface area contributed by atoms with E-state index in [2.05, 4.69) is 15.8 Å². The number of hydrogen-bond donors (Lipinski definition) is 2. The maximum Gasteiger partial charge on any atom is 0.277 e. The minimum absolute atomic E-state index is 0.187. The van der Waals surface area contributed by atoms with Crippen molar-refractivity contribution >= 4 is 45.9 Å². The highest BCUT2D eigenvalue weighted by atomic mass is 32.1. The van der Waals surface area contributed by atoms with E-state index in [0.29, 0.717) is 22.0 Å². The quantitative estimate of drug-likeness (QED) is 0.500. The Kier molecular flexibility index (Phi) is 4.82. The van der Waals surface area contributed by atoms with Gasteiger partial charge in [-0.1, -0.05) is 23.4 Å². The first-order valence-corrected chi connectivity index (χ1v) is 9.72. The molecular weight excluding hydrogens is 382 g/mol. The maximum atomic E-state index is 12.4. The van der Waals surface area contributed by atoms with Gasteiger partial charge in [-0.3, -0.25) is 9.59 Å². The minimum Gasteiger partial charge on any atom is -0.355 e. The maximum absolute atomic E-state index is 12.4. The SMILES string of the molecule is O=C(Nc1cccc(NC(=O)c2cccs2)c1)c1cc(-c2cccs2)on1. The summed E-state index contributed by atoms with van der Waals surface area (Å²) in [5, 5.41) is 13.2. The summed E-state index contributed by atoms with van der Waals surface area (Å²) in [6.45, 7) is 0. The highest BCUT2D eigenvalue weighted by molar-refractivity contribution is 7.13. The van der Waals surface area contributed by atoms with E-state index < -0.39 is 0 Å². The van der Waals surface area contributed by atoms with Gasteiger partial charge in [-0.15, -0.1) is 22.7 Å². The molecule has 0 atom stereocenters. The van der Waals surface area contributed by atoms with Crippen molar-refractivity contribution in [3.63, 3.8) is 0 Å². The number of amides is 2. The number of carbonyl (C=O) groups is 2. The summed E-state index contributed by atoms with van der Waals surface area (Å²) < 4.78 is 5.23. The van der Waals surface area contributed by atoms with Crippen LogP contribution in [0.4, 0.5) is 11.4 Å². The van der Waals surface area contributed by atoms with Crippen LogP contribution in [0.1, 0.15) is 20.2 Å². The second kappa shape index (κ2) is 7.56. The molecule has 134 valence electrons. The monoisotopic (exact) mass is 395 g/mol. The summed E-state index contributed by atoms with van der Waals surface area (Å²) in [4.78, 5) is 26.1. The van der Waals surface area contributed by atoms with Crippen molar-refractivity contribution < 1.29 is 14.1 Å². The number of hydrogen-bond acceptors (Lipinski definition) is 6. The van der Waals surface area contributed by atoms with Crippen molar-refractivity contribution in [1.29, 1.82) is 0 Å². The number of thiophene rings is 2. The Labute approximate surface area is 162 Å². The Hall–Kier alpha value is -3.23. The van der Waals surface area contributed by atoms with E-state index >= 15 is 0 Å². The molecule has 3 heterocycles. The smallest absolute Gasteiger partial charge is 0.277 e. The van der Waals surface area contributed by atoms with Crippen molar-refractivity contribution in [3.8, 4) is 10.6 Å². The van der Waals surface area contributed by atoms with Crippen LogP contribution in [0.25, 0.3) is 10.6 Å². The second-order valence-corrected chi connectivity index (χ2v) is 7.42. The van der Waals surface area contributed by atoms with Crippen molar-refractivity contribution in [3.05, 3.63) is 75.9 Å². The topological polar surface area (TPSA) is 84.2 Å².